The third-order valence-electron chi connectivity index (χ3n) is 3.56. The minimum absolute atomic E-state index is 0.0968. The number of nitrogens with zero attached hydrogens (tertiary/aromatic N) is 2. The van der Waals surface area contributed by atoms with Gasteiger partial charge in [0.1, 0.15) is 5.76 Å². The topological polar surface area (TPSA) is 62.7 Å². The summed E-state index contributed by atoms with van der Waals surface area (Å²) in [5, 5.41) is 0. The van der Waals surface area contributed by atoms with Crippen LogP contribution >= 0.6 is 0 Å². The van der Waals surface area contributed by atoms with Crippen molar-refractivity contribution in [1.29, 1.82) is 0 Å². The number of rotatable bonds is 5. The van der Waals surface area contributed by atoms with Gasteiger partial charge in [0.05, 0.1) is 18.8 Å². The molecule has 0 spiro atoms. The highest BCUT2D eigenvalue weighted by atomic mass is 16.3. The molecule has 0 radical (unpaired) electrons. The number of amides is 1. The molecule has 1 atom stereocenters. The van der Waals surface area contributed by atoms with E-state index in [1.807, 2.05) is 17.0 Å². The van der Waals surface area contributed by atoms with Gasteiger partial charge in [-0.05, 0) is 18.6 Å². The van der Waals surface area contributed by atoms with E-state index in [0.29, 0.717) is 0 Å². The summed E-state index contributed by atoms with van der Waals surface area (Å²) < 4.78 is 5.34. The zero-order chi connectivity index (χ0) is 13.7. The van der Waals surface area contributed by atoms with Crippen molar-refractivity contribution in [2.24, 2.45) is 5.73 Å². The van der Waals surface area contributed by atoms with Gasteiger partial charge in [-0.25, -0.2) is 0 Å². The first kappa shape index (κ1) is 14.1. The number of carbonyl (C=O) groups is 1. The second kappa shape index (κ2) is 6.73. The van der Waals surface area contributed by atoms with E-state index in [0.717, 1.165) is 51.3 Å². The van der Waals surface area contributed by atoms with Gasteiger partial charge in [-0.3, -0.25) is 9.69 Å². The van der Waals surface area contributed by atoms with Gasteiger partial charge in [0.2, 0.25) is 5.91 Å². The number of furan rings is 1. The van der Waals surface area contributed by atoms with Crippen molar-refractivity contribution in [3.63, 3.8) is 0 Å². The summed E-state index contributed by atoms with van der Waals surface area (Å²) in [5.74, 6) is 1.07. The minimum atomic E-state index is -0.332. The molecule has 0 saturated carbocycles. The second-order valence-corrected chi connectivity index (χ2v) is 5.08. The monoisotopic (exact) mass is 265 g/mol. The lowest BCUT2D eigenvalue weighted by Gasteiger charge is -2.35. The second-order valence-electron chi connectivity index (χ2n) is 5.08. The van der Waals surface area contributed by atoms with Crippen molar-refractivity contribution in [1.82, 2.24) is 9.80 Å². The van der Waals surface area contributed by atoms with Gasteiger partial charge in [0.25, 0.3) is 0 Å². The molecule has 1 fully saturated rings. The molecule has 1 aliphatic heterocycles. The van der Waals surface area contributed by atoms with Crippen molar-refractivity contribution < 1.29 is 9.21 Å². The molecule has 1 saturated heterocycles. The van der Waals surface area contributed by atoms with Gasteiger partial charge >= 0.3 is 0 Å². The van der Waals surface area contributed by atoms with Crippen molar-refractivity contribution in [3.8, 4) is 0 Å². The predicted octanol–water partition coefficient (Wildman–Crippen LogP) is 1.05. The molecular weight excluding hydrogens is 242 g/mol. The van der Waals surface area contributed by atoms with Crippen molar-refractivity contribution >= 4 is 5.91 Å². The molecule has 106 valence electrons. The zero-order valence-corrected chi connectivity index (χ0v) is 11.5. The molecule has 1 amide bonds. The highest BCUT2D eigenvalue weighted by molar-refractivity contribution is 5.81. The Morgan fingerprint density at radius 1 is 1.42 bits per heavy atom. The molecule has 2 heterocycles. The van der Waals surface area contributed by atoms with E-state index in [1.54, 1.807) is 6.26 Å². The van der Waals surface area contributed by atoms with Gasteiger partial charge in [-0.1, -0.05) is 13.3 Å². The lowest BCUT2D eigenvalue weighted by molar-refractivity contribution is -0.134. The molecule has 0 aliphatic carbocycles. The summed E-state index contributed by atoms with van der Waals surface area (Å²) in [7, 11) is 0. The van der Waals surface area contributed by atoms with Gasteiger partial charge in [-0.15, -0.1) is 0 Å². The average molecular weight is 265 g/mol. The van der Waals surface area contributed by atoms with E-state index < -0.39 is 0 Å². The largest absolute Gasteiger partial charge is 0.468 e. The van der Waals surface area contributed by atoms with Crippen molar-refractivity contribution in [2.45, 2.75) is 32.4 Å². The lowest BCUT2D eigenvalue weighted by Crippen LogP contribution is -2.52. The van der Waals surface area contributed by atoms with Crippen LogP contribution in [0.1, 0.15) is 25.5 Å². The maximum absolute atomic E-state index is 12.1. The van der Waals surface area contributed by atoms with Crippen LogP contribution in [0.15, 0.2) is 22.8 Å². The Hall–Kier alpha value is -1.33. The zero-order valence-electron chi connectivity index (χ0n) is 11.5. The minimum Gasteiger partial charge on any atom is -0.468 e. The Morgan fingerprint density at radius 2 is 2.16 bits per heavy atom. The molecule has 0 bridgehead atoms. The Bertz CT molecular complexity index is 383. The first-order chi connectivity index (χ1) is 9.20. The van der Waals surface area contributed by atoms with Crippen LogP contribution in [0.25, 0.3) is 0 Å². The number of hydrogen-bond donors (Lipinski definition) is 1. The van der Waals surface area contributed by atoms with Crippen LogP contribution in [-0.4, -0.2) is 47.9 Å². The summed E-state index contributed by atoms with van der Waals surface area (Å²) >= 11 is 0. The fraction of sp³-hybridized carbons (Fsp3) is 0.643. The first-order valence-corrected chi connectivity index (χ1v) is 6.99. The fourth-order valence-electron chi connectivity index (χ4n) is 2.42. The van der Waals surface area contributed by atoms with Crippen LogP contribution in [0.2, 0.25) is 0 Å². The summed E-state index contributed by atoms with van der Waals surface area (Å²) in [6.45, 7) is 6.15. The Kier molecular flexibility index (Phi) is 4.99. The number of nitrogens with two attached hydrogens (primary N) is 1. The number of piperazine rings is 1. The Labute approximate surface area is 114 Å². The molecule has 2 N–H and O–H groups in total. The molecule has 2 rings (SSSR count). The van der Waals surface area contributed by atoms with Crippen LogP contribution < -0.4 is 5.73 Å². The van der Waals surface area contributed by atoms with Crippen LogP contribution in [0.5, 0.6) is 0 Å². The average Bonchev–Trinajstić information content (AvgIpc) is 2.92. The van der Waals surface area contributed by atoms with Crippen LogP contribution in [0.3, 0.4) is 0 Å². The smallest absolute Gasteiger partial charge is 0.239 e. The lowest BCUT2D eigenvalue weighted by atomic mass is 10.1. The maximum atomic E-state index is 12.1. The third-order valence-corrected chi connectivity index (χ3v) is 3.56. The standard InChI is InChI=1S/C14H23N3O2/c1-2-4-13(15)14(18)17-8-6-16(7-9-17)11-12-5-3-10-19-12/h3,5,10,13H,2,4,6-9,11,15H2,1H3/t13-/m0/s1. The van der Waals surface area contributed by atoms with Crippen LogP contribution in [0, 0.1) is 0 Å². The third kappa shape index (κ3) is 3.81. The van der Waals surface area contributed by atoms with E-state index in [4.69, 9.17) is 10.2 Å². The predicted molar refractivity (Wildman–Crippen MR) is 73.4 cm³/mol. The summed E-state index contributed by atoms with van der Waals surface area (Å²) in [6, 6.07) is 3.55. The van der Waals surface area contributed by atoms with Gasteiger partial charge in [-0.2, -0.15) is 0 Å². The van der Waals surface area contributed by atoms with E-state index in [9.17, 15) is 4.79 Å². The summed E-state index contributed by atoms with van der Waals surface area (Å²) in [4.78, 5) is 16.3. The molecule has 0 aromatic carbocycles. The van der Waals surface area contributed by atoms with Crippen LogP contribution in [-0.2, 0) is 11.3 Å². The molecule has 1 aliphatic rings. The van der Waals surface area contributed by atoms with E-state index in [-0.39, 0.29) is 11.9 Å². The quantitative estimate of drug-likeness (QED) is 0.864. The molecular formula is C14H23N3O2. The summed E-state index contributed by atoms with van der Waals surface area (Å²) in [5.41, 5.74) is 5.88. The molecule has 1 aromatic rings. The van der Waals surface area contributed by atoms with E-state index in [2.05, 4.69) is 11.8 Å². The van der Waals surface area contributed by atoms with Crippen molar-refractivity contribution in [2.75, 3.05) is 26.2 Å². The molecule has 19 heavy (non-hydrogen) atoms. The molecule has 0 unspecified atom stereocenters. The van der Waals surface area contributed by atoms with Gasteiger partial charge < -0.3 is 15.1 Å². The normalized spacial score (nSPS) is 18.5. The van der Waals surface area contributed by atoms with E-state index >= 15 is 0 Å². The number of hydrogen-bond acceptors (Lipinski definition) is 4. The van der Waals surface area contributed by atoms with E-state index in [1.165, 1.54) is 0 Å². The Balaban J connectivity index is 1.77. The SMILES string of the molecule is CCC[C@H](N)C(=O)N1CCN(Cc2ccco2)CC1. The molecule has 1 aromatic heterocycles. The van der Waals surface area contributed by atoms with Gasteiger partial charge in [0, 0.05) is 26.2 Å². The first-order valence-electron chi connectivity index (χ1n) is 6.99. The molecule has 5 nitrogen and oxygen atoms in total. The Morgan fingerprint density at radius 3 is 2.74 bits per heavy atom. The fourth-order valence-corrected chi connectivity index (χ4v) is 2.42. The highest BCUT2D eigenvalue weighted by Crippen LogP contribution is 2.10. The maximum Gasteiger partial charge on any atom is 0.239 e. The number of carbonyl (C=O) groups excluding carboxylic acids is 1. The highest BCUT2D eigenvalue weighted by Gasteiger charge is 2.24. The van der Waals surface area contributed by atoms with Crippen molar-refractivity contribution in [3.05, 3.63) is 24.2 Å². The van der Waals surface area contributed by atoms with Crippen LogP contribution in [0.4, 0.5) is 0 Å². The molecule has 5 heteroatoms. The van der Waals surface area contributed by atoms with Gasteiger partial charge in [0.15, 0.2) is 0 Å². The summed E-state index contributed by atoms with van der Waals surface area (Å²) in [6.07, 6.45) is 3.41.